The average Bonchev–Trinajstić information content (AvgIpc) is 2.33. The zero-order valence-electron chi connectivity index (χ0n) is 10.8. The lowest BCUT2D eigenvalue weighted by Gasteiger charge is -2.38. The first-order valence-corrected chi connectivity index (χ1v) is 6.87. The van der Waals surface area contributed by atoms with Gasteiger partial charge in [-0.3, -0.25) is 0 Å². The lowest BCUT2D eigenvalue weighted by molar-refractivity contribution is -0.184. The molecule has 1 aliphatic rings. The van der Waals surface area contributed by atoms with E-state index in [0.29, 0.717) is 10.6 Å². The normalized spacial score (nSPS) is 27.6. The van der Waals surface area contributed by atoms with E-state index in [9.17, 15) is 17.6 Å². The van der Waals surface area contributed by atoms with E-state index in [4.69, 9.17) is 17.3 Å². The van der Waals surface area contributed by atoms with E-state index in [2.05, 4.69) is 0 Å². The molecule has 0 radical (unpaired) electrons. The van der Waals surface area contributed by atoms with Crippen molar-refractivity contribution < 1.29 is 17.6 Å². The summed E-state index contributed by atoms with van der Waals surface area (Å²) >= 11 is 5.81. The van der Waals surface area contributed by atoms with E-state index in [1.165, 1.54) is 18.2 Å². The minimum Gasteiger partial charge on any atom is -0.325 e. The van der Waals surface area contributed by atoms with Crippen LogP contribution in [-0.4, -0.2) is 11.7 Å². The molecule has 0 amide bonds. The number of hydrogen-bond donors (Lipinski definition) is 1. The molecule has 1 aromatic carbocycles. The van der Waals surface area contributed by atoms with Crippen LogP contribution in [0, 0.1) is 11.7 Å². The van der Waals surface area contributed by atoms with E-state index < -0.39 is 23.5 Å². The lowest BCUT2D eigenvalue weighted by atomic mass is 9.74. The Bertz CT molecular complexity index is 479. The summed E-state index contributed by atoms with van der Waals surface area (Å²) < 4.78 is 51.5. The molecule has 1 nitrogen and oxygen atoms in total. The quantitative estimate of drug-likeness (QED) is 0.801. The Hall–Kier alpha value is -0.810. The van der Waals surface area contributed by atoms with Crippen LogP contribution in [0.5, 0.6) is 0 Å². The maximum Gasteiger partial charge on any atom is 0.391 e. The second-order valence-corrected chi connectivity index (χ2v) is 6.03. The van der Waals surface area contributed by atoms with E-state index in [0.717, 1.165) is 0 Å². The van der Waals surface area contributed by atoms with Gasteiger partial charge in [0.1, 0.15) is 5.82 Å². The molecular weight excluding hydrogens is 294 g/mol. The Balaban J connectivity index is 2.05. The summed E-state index contributed by atoms with van der Waals surface area (Å²) in [7, 11) is 0. The highest BCUT2D eigenvalue weighted by atomic mass is 35.5. The van der Waals surface area contributed by atoms with Crippen LogP contribution in [0.15, 0.2) is 18.2 Å². The molecule has 1 aliphatic carbocycles. The molecule has 1 aromatic rings. The molecule has 2 rings (SSSR count). The molecule has 1 fully saturated rings. The van der Waals surface area contributed by atoms with Crippen molar-refractivity contribution in [2.75, 3.05) is 0 Å². The highest BCUT2D eigenvalue weighted by Crippen LogP contribution is 2.41. The first kappa shape index (κ1) is 15.6. The fourth-order valence-corrected chi connectivity index (χ4v) is 2.95. The molecule has 1 saturated carbocycles. The standard InChI is InChI=1S/C14H16ClF4N/c15-11-1-2-12(16)9(7-11)8-13(20)5-3-10(4-6-13)14(17,18)19/h1-2,7,10H,3-6,8,20H2. The van der Waals surface area contributed by atoms with Gasteiger partial charge in [0.2, 0.25) is 0 Å². The summed E-state index contributed by atoms with van der Waals surface area (Å²) in [5.74, 6) is -1.71. The van der Waals surface area contributed by atoms with Crippen molar-refractivity contribution in [1.29, 1.82) is 0 Å². The van der Waals surface area contributed by atoms with Crippen LogP contribution in [0.1, 0.15) is 31.2 Å². The van der Waals surface area contributed by atoms with E-state index in [1.54, 1.807) is 0 Å². The van der Waals surface area contributed by atoms with Crippen LogP contribution in [-0.2, 0) is 6.42 Å². The summed E-state index contributed by atoms with van der Waals surface area (Å²) in [5, 5.41) is 0.397. The number of benzene rings is 1. The van der Waals surface area contributed by atoms with Gasteiger partial charge in [-0.2, -0.15) is 13.2 Å². The van der Waals surface area contributed by atoms with Crippen molar-refractivity contribution in [3.63, 3.8) is 0 Å². The van der Waals surface area contributed by atoms with Crippen LogP contribution < -0.4 is 5.73 Å². The third kappa shape index (κ3) is 3.64. The minimum absolute atomic E-state index is 0.00217. The third-order valence-electron chi connectivity index (χ3n) is 3.99. The summed E-state index contributed by atoms with van der Waals surface area (Å²) in [6, 6.07) is 4.17. The highest BCUT2D eigenvalue weighted by molar-refractivity contribution is 6.30. The molecule has 2 N–H and O–H groups in total. The molecule has 0 unspecified atom stereocenters. The average molecular weight is 310 g/mol. The molecular formula is C14H16ClF4N. The SMILES string of the molecule is NC1(Cc2cc(Cl)ccc2F)CCC(C(F)(F)F)CC1. The van der Waals surface area contributed by atoms with E-state index in [-0.39, 0.29) is 32.1 Å². The Labute approximate surface area is 120 Å². The molecule has 0 atom stereocenters. The molecule has 0 heterocycles. The van der Waals surface area contributed by atoms with Gasteiger partial charge in [-0.25, -0.2) is 4.39 Å². The van der Waals surface area contributed by atoms with Crippen molar-refractivity contribution >= 4 is 11.6 Å². The maximum absolute atomic E-state index is 13.7. The van der Waals surface area contributed by atoms with Gasteiger partial charge in [0.05, 0.1) is 5.92 Å². The topological polar surface area (TPSA) is 26.0 Å². The Morgan fingerprint density at radius 2 is 1.85 bits per heavy atom. The van der Waals surface area contributed by atoms with E-state index in [1.807, 2.05) is 0 Å². The zero-order chi connectivity index (χ0) is 15.0. The van der Waals surface area contributed by atoms with Crippen LogP contribution in [0.3, 0.4) is 0 Å². The van der Waals surface area contributed by atoms with Crippen molar-refractivity contribution in [1.82, 2.24) is 0 Å². The van der Waals surface area contributed by atoms with Crippen LogP contribution in [0.25, 0.3) is 0 Å². The second-order valence-electron chi connectivity index (χ2n) is 5.59. The Morgan fingerprint density at radius 3 is 2.40 bits per heavy atom. The zero-order valence-corrected chi connectivity index (χ0v) is 11.6. The fraction of sp³-hybridized carbons (Fsp3) is 0.571. The molecule has 0 aliphatic heterocycles. The molecule has 6 heteroatoms. The number of hydrogen-bond acceptors (Lipinski definition) is 1. The summed E-state index contributed by atoms with van der Waals surface area (Å²) in [6.45, 7) is 0. The van der Waals surface area contributed by atoms with Crippen molar-refractivity contribution in [3.05, 3.63) is 34.6 Å². The van der Waals surface area contributed by atoms with Gasteiger partial charge < -0.3 is 5.73 Å². The predicted molar refractivity (Wildman–Crippen MR) is 70.0 cm³/mol. The minimum atomic E-state index is -4.16. The number of nitrogens with two attached hydrogens (primary N) is 1. The first-order chi connectivity index (χ1) is 9.20. The van der Waals surface area contributed by atoms with Gasteiger partial charge in [0, 0.05) is 10.6 Å². The smallest absolute Gasteiger partial charge is 0.325 e. The van der Waals surface area contributed by atoms with Gasteiger partial charge in [-0.15, -0.1) is 0 Å². The van der Waals surface area contributed by atoms with E-state index >= 15 is 0 Å². The number of rotatable bonds is 2. The molecule has 0 saturated heterocycles. The number of alkyl halides is 3. The molecule has 0 aromatic heterocycles. The largest absolute Gasteiger partial charge is 0.391 e. The van der Waals surface area contributed by atoms with Gasteiger partial charge in [0.25, 0.3) is 0 Å². The van der Waals surface area contributed by atoms with Crippen LogP contribution in [0.2, 0.25) is 5.02 Å². The molecule has 0 spiro atoms. The second kappa shape index (κ2) is 5.53. The third-order valence-corrected chi connectivity index (χ3v) is 4.23. The fourth-order valence-electron chi connectivity index (χ4n) is 2.75. The highest BCUT2D eigenvalue weighted by Gasteiger charge is 2.44. The molecule has 112 valence electrons. The summed E-state index contributed by atoms with van der Waals surface area (Å²) in [5.41, 5.74) is 5.72. The molecule has 0 bridgehead atoms. The number of halogens is 5. The monoisotopic (exact) mass is 309 g/mol. The Morgan fingerprint density at radius 1 is 1.25 bits per heavy atom. The van der Waals surface area contributed by atoms with Gasteiger partial charge in [-0.05, 0) is 55.9 Å². The van der Waals surface area contributed by atoms with Crippen molar-refractivity contribution in [3.8, 4) is 0 Å². The first-order valence-electron chi connectivity index (χ1n) is 6.49. The summed E-state index contributed by atoms with van der Waals surface area (Å²) in [6.07, 6.45) is -3.47. The predicted octanol–water partition coefficient (Wildman–Crippen LogP) is 4.47. The van der Waals surface area contributed by atoms with Crippen LogP contribution >= 0.6 is 11.6 Å². The Kier molecular flexibility index (Phi) is 4.30. The molecule has 20 heavy (non-hydrogen) atoms. The van der Waals surface area contributed by atoms with Crippen LogP contribution in [0.4, 0.5) is 17.6 Å². The van der Waals surface area contributed by atoms with Gasteiger partial charge in [-0.1, -0.05) is 11.6 Å². The van der Waals surface area contributed by atoms with Crippen molar-refractivity contribution in [2.45, 2.75) is 43.8 Å². The van der Waals surface area contributed by atoms with Gasteiger partial charge in [0.15, 0.2) is 0 Å². The summed E-state index contributed by atoms with van der Waals surface area (Å²) in [4.78, 5) is 0. The maximum atomic E-state index is 13.7. The van der Waals surface area contributed by atoms with Gasteiger partial charge >= 0.3 is 6.18 Å². The van der Waals surface area contributed by atoms with Crippen molar-refractivity contribution in [2.24, 2.45) is 11.7 Å². The lowest BCUT2D eigenvalue weighted by Crippen LogP contribution is -2.47.